The minimum Gasteiger partial charge on any atom is -0.507 e. The van der Waals surface area contributed by atoms with Gasteiger partial charge in [-0.2, -0.15) is 0 Å². The number of phenols is 1. The maximum atomic E-state index is 10.9. The fourth-order valence-electron chi connectivity index (χ4n) is 2.27. The molecular weight excluding hydrogens is 300 g/mol. The van der Waals surface area contributed by atoms with Crippen LogP contribution in [0.2, 0.25) is 0 Å². The highest BCUT2D eigenvalue weighted by atomic mass is 16.4. The third-order valence-corrected chi connectivity index (χ3v) is 3.62. The highest BCUT2D eigenvalue weighted by Gasteiger charge is 2.25. The predicted molar refractivity (Wildman–Crippen MR) is 85.2 cm³/mol. The summed E-state index contributed by atoms with van der Waals surface area (Å²) >= 11 is 0. The van der Waals surface area contributed by atoms with Gasteiger partial charge in [-0.25, -0.2) is 0 Å². The van der Waals surface area contributed by atoms with E-state index in [1.54, 1.807) is 12.1 Å². The summed E-state index contributed by atoms with van der Waals surface area (Å²) in [6.07, 6.45) is -0.705. The molecule has 0 aliphatic heterocycles. The molecule has 1 aromatic rings. The number of carbonyl (C=O) groups is 2. The first-order valence-corrected chi connectivity index (χ1v) is 7.25. The second-order valence-electron chi connectivity index (χ2n) is 6.66. The summed E-state index contributed by atoms with van der Waals surface area (Å²) in [4.78, 5) is 21.8. The Kier molecular flexibility index (Phi) is 5.74. The largest absolute Gasteiger partial charge is 0.507 e. The first-order valence-electron chi connectivity index (χ1n) is 7.25. The molecule has 1 rings (SSSR count). The van der Waals surface area contributed by atoms with Crippen LogP contribution in [0.1, 0.15) is 62.4 Å². The Morgan fingerprint density at radius 3 is 1.61 bits per heavy atom. The van der Waals surface area contributed by atoms with Gasteiger partial charge in [0.2, 0.25) is 0 Å². The molecule has 0 bridgehead atoms. The quantitative estimate of drug-likeness (QED) is 0.534. The monoisotopic (exact) mass is 324 g/mol. The first-order chi connectivity index (χ1) is 10.4. The van der Waals surface area contributed by atoms with E-state index in [2.05, 4.69) is 0 Å². The van der Waals surface area contributed by atoms with Crippen molar-refractivity contribution in [3.05, 3.63) is 28.8 Å². The zero-order chi connectivity index (χ0) is 17.9. The minimum absolute atomic E-state index is 0.236. The molecule has 0 amide bonds. The Hall–Kier alpha value is -2.12. The molecule has 0 heterocycles. The van der Waals surface area contributed by atoms with Crippen molar-refractivity contribution >= 4 is 11.9 Å². The number of carboxylic acid groups (broad SMARTS) is 2. The number of aliphatic carboxylic acids is 2. The predicted octanol–water partition coefficient (Wildman–Crippen LogP) is 1.64. The van der Waals surface area contributed by atoms with E-state index >= 15 is 0 Å². The van der Waals surface area contributed by atoms with Crippen molar-refractivity contribution in [2.24, 2.45) is 11.5 Å². The van der Waals surface area contributed by atoms with Crippen molar-refractivity contribution in [2.45, 2.75) is 51.1 Å². The van der Waals surface area contributed by atoms with Gasteiger partial charge in [0.25, 0.3) is 0 Å². The minimum atomic E-state index is -1.09. The standard InChI is InChI=1S/C16H24N2O5/c1-16(2,3)8-4-9(11(17)6-13(19)20)15(23)10(5-8)12(18)7-14(21)22/h4-5,11-12,23H,6-7,17-18H2,1-3H3,(H,19,20)(H,21,22). The van der Waals surface area contributed by atoms with Crippen molar-refractivity contribution in [1.82, 2.24) is 0 Å². The van der Waals surface area contributed by atoms with Crippen molar-refractivity contribution in [1.29, 1.82) is 0 Å². The number of hydrogen-bond donors (Lipinski definition) is 5. The van der Waals surface area contributed by atoms with Gasteiger partial charge in [0.15, 0.2) is 0 Å². The number of nitrogens with two attached hydrogens (primary N) is 2. The third-order valence-electron chi connectivity index (χ3n) is 3.62. The van der Waals surface area contributed by atoms with E-state index in [4.69, 9.17) is 21.7 Å². The number of phenolic OH excluding ortho intramolecular Hbond substituents is 1. The normalized spacial score (nSPS) is 14.3. The van der Waals surface area contributed by atoms with Crippen molar-refractivity contribution in [2.75, 3.05) is 0 Å². The van der Waals surface area contributed by atoms with E-state index in [1.165, 1.54) is 0 Å². The third kappa shape index (κ3) is 4.94. The van der Waals surface area contributed by atoms with Crippen LogP contribution in [0.5, 0.6) is 5.75 Å². The fraction of sp³-hybridized carbons (Fsp3) is 0.500. The van der Waals surface area contributed by atoms with E-state index in [1.807, 2.05) is 20.8 Å². The maximum Gasteiger partial charge on any atom is 0.305 e. The van der Waals surface area contributed by atoms with E-state index in [9.17, 15) is 14.7 Å². The topological polar surface area (TPSA) is 147 Å². The first kappa shape index (κ1) is 18.9. The molecule has 1 aromatic carbocycles. The van der Waals surface area contributed by atoms with Crippen LogP contribution >= 0.6 is 0 Å². The summed E-state index contributed by atoms with van der Waals surface area (Å²) < 4.78 is 0. The summed E-state index contributed by atoms with van der Waals surface area (Å²) in [6.45, 7) is 5.83. The number of benzene rings is 1. The zero-order valence-corrected chi connectivity index (χ0v) is 13.5. The van der Waals surface area contributed by atoms with Crippen LogP contribution in [0.25, 0.3) is 0 Å². The van der Waals surface area contributed by atoms with Gasteiger partial charge < -0.3 is 26.8 Å². The lowest BCUT2D eigenvalue weighted by molar-refractivity contribution is -0.138. The lowest BCUT2D eigenvalue weighted by Gasteiger charge is -2.25. The molecule has 7 nitrogen and oxygen atoms in total. The van der Waals surface area contributed by atoms with Crippen LogP contribution in [-0.4, -0.2) is 27.3 Å². The highest BCUT2D eigenvalue weighted by molar-refractivity contribution is 5.69. The van der Waals surface area contributed by atoms with Crippen LogP contribution < -0.4 is 11.5 Å². The van der Waals surface area contributed by atoms with Crippen molar-refractivity contribution < 1.29 is 24.9 Å². The maximum absolute atomic E-state index is 10.9. The average molecular weight is 324 g/mol. The van der Waals surface area contributed by atoms with Crippen LogP contribution in [-0.2, 0) is 15.0 Å². The summed E-state index contributed by atoms with van der Waals surface area (Å²) in [5.74, 6) is -2.41. The number of carboxylic acids is 2. The molecule has 0 radical (unpaired) electrons. The van der Waals surface area contributed by atoms with Crippen LogP contribution in [0, 0.1) is 0 Å². The molecular formula is C16H24N2O5. The van der Waals surface area contributed by atoms with Gasteiger partial charge in [0.05, 0.1) is 12.8 Å². The van der Waals surface area contributed by atoms with Crippen molar-refractivity contribution in [3.63, 3.8) is 0 Å². The Morgan fingerprint density at radius 1 is 1.00 bits per heavy atom. The number of aromatic hydroxyl groups is 1. The number of rotatable bonds is 6. The lowest BCUT2D eigenvalue weighted by Crippen LogP contribution is -2.21. The van der Waals surface area contributed by atoms with Crippen LogP contribution in [0.4, 0.5) is 0 Å². The van der Waals surface area contributed by atoms with Crippen molar-refractivity contribution in [3.8, 4) is 5.75 Å². The second kappa shape index (κ2) is 6.97. The van der Waals surface area contributed by atoms with E-state index in [0.29, 0.717) is 0 Å². The van der Waals surface area contributed by atoms with Gasteiger partial charge in [-0.15, -0.1) is 0 Å². The molecule has 0 aliphatic carbocycles. The SMILES string of the molecule is CC(C)(C)c1cc(C(N)CC(=O)O)c(O)c(C(N)CC(=O)O)c1. The highest BCUT2D eigenvalue weighted by Crippen LogP contribution is 2.37. The smallest absolute Gasteiger partial charge is 0.305 e. The molecule has 2 atom stereocenters. The Bertz CT molecular complexity index is 564. The van der Waals surface area contributed by atoms with Gasteiger partial charge in [0.1, 0.15) is 5.75 Å². The molecule has 0 aliphatic rings. The average Bonchev–Trinajstić information content (AvgIpc) is 2.35. The molecule has 0 saturated heterocycles. The van der Waals surface area contributed by atoms with Gasteiger partial charge in [-0.3, -0.25) is 9.59 Å². The van der Waals surface area contributed by atoms with E-state index < -0.39 is 24.0 Å². The summed E-state index contributed by atoms with van der Waals surface area (Å²) in [7, 11) is 0. The summed E-state index contributed by atoms with van der Waals surface area (Å²) in [5, 5.41) is 28.2. The van der Waals surface area contributed by atoms with E-state index in [0.717, 1.165) is 5.56 Å². The zero-order valence-electron chi connectivity index (χ0n) is 13.5. The Labute approximate surface area is 134 Å². The molecule has 7 N–H and O–H groups in total. The fourth-order valence-corrected chi connectivity index (χ4v) is 2.27. The summed E-state index contributed by atoms with van der Waals surface area (Å²) in [5.41, 5.74) is 12.8. The van der Waals surface area contributed by atoms with Gasteiger partial charge in [-0.05, 0) is 23.1 Å². The molecule has 0 saturated carbocycles. The van der Waals surface area contributed by atoms with Gasteiger partial charge in [-0.1, -0.05) is 20.8 Å². The molecule has 23 heavy (non-hydrogen) atoms. The lowest BCUT2D eigenvalue weighted by atomic mass is 9.82. The Morgan fingerprint density at radius 2 is 1.35 bits per heavy atom. The van der Waals surface area contributed by atoms with Crippen LogP contribution in [0.3, 0.4) is 0 Å². The number of hydrogen-bond acceptors (Lipinski definition) is 5. The second-order valence-corrected chi connectivity index (χ2v) is 6.66. The molecule has 0 fully saturated rings. The van der Waals surface area contributed by atoms with Gasteiger partial charge in [0, 0.05) is 23.2 Å². The molecule has 2 unspecified atom stereocenters. The summed E-state index contributed by atoms with van der Waals surface area (Å²) in [6, 6.07) is 1.48. The molecule has 128 valence electrons. The van der Waals surface area contributed by atoms with E-state index in [-0.39, 0.29) is 35.1 Å². The Balaban J connectivity index is 3.44. The van der Waals surface area contributed by atoms with Crippen LogP contribution in [0.15, 0.2) is 12.1 Å². The molecule has 0 aromatic heterocycles. The molecule has 7 heteroatoms. The molecule has 0 spiro atoms. The van der Waals surface area contributed by atoms with Gasteiger partial charge >= 0.3 is 11.9 Å².